The van der Waals surface area contributed by atoms with Crippen molar-refractivity contribution >= 4 is 56.1 Å². The van der Waals surface area contributed by atoms with E-state index in [1.54, 1.807) is 12.1 Å². The SMILES string of the molecule is C[C@H]1[C@H](CC(=O)/C(=N\O[C@@H](COc2ccc3c(c2)CN(C(N)=NCCCCN)C3)C(=O)O)c2csc(N)n2)C(=O)N1S(=O)(=O)O. The molecule has 1 amide bonds. The lowest BCUT2D eigenvalue weighted by molar-refractivity contribution is -0.152. The van der Waals surface area contributed by atoms with Gasteiger partial charge in [-0.15, -0.1) is 11.3 Å². The number of anilines is 1. The third-order valence-electron chi connectivity index (χ3n) is 7.23. The fourth-order valence-electron chi connectivity index (χ4n) is 4.77. The fraction of sp³-hybridized carbons (Fsp3) is 0.462. The second-order valence-corrected chi connectivity index (χ2v) is 12.5. The van der Waals surface area contributed by atoms with E-state index in [1.807, 2.05) is 11.0 Å². The molecule has 45 heavy (non-hydrogen) atoms. The summed E-state index contributed by atoms with van der Waals surface area (Å²) in [6.45, 7) is 3.10. The number of ketones is 1. The van der Waals surface area contributed by atoms with Gasteiger partial charge in [0.15, 0.2) is 22.6 Å². The topological polar surface area (TPSA) is 266 Å². The Bertz CT molecular complexity index is 1610. The van der Waals surface area contributed by atoms with E-state index in [4.69, 9.17) is 26.8 Å². The van der Waals surface area contributed by atoms with E-state index in [9.17, 15) is 32.5 Å². The summed E-state index contributed by atoms with van der Waals surface area (Å²) < 4.78 is 38.0. The first-order chi connectivity index (χ1) is 21.3. The van der Waals surface area contributed by atoms with Crippen molar-refractivity contribution in [2.24, 2.45) is 27.5 Å². The highest BCUT2D eigenvalue weighted by Gasteiger charge is 2.51. The monoisotopic (exact) mass is 666 g/mol. The van der Waals surface area contributed by atoms with Crippen molar-refractivity contribution in [2.45, 2.75) is 51.4 Å². The molecule has 1 fully saturated rings. The molecular formula is C26H34N8O9S2. The highest BCUT2D eigenvalue weighted by atomic mass is 32.2. The average Bonchev–Trinajstić information content (AvgIpc) is 3.60. The molecule has 2 aliphatic heterocycles. The van der Waals surface area contributed by atoms with Crippen LogP contribution in [0.3, 0.4) is 0 Å². The minimum atomic E-state index is -4.78. The maximum Gasteiger partial charge on any atom is 0.362 e. The Labute approximate surface area is 262 Å². The molecule has 0 radical (unpaired) electrons. The van der Waals surface area contributed by atoms with Gasteiger partial charge in [-0.1, -0.05) is 11.2 Å². The molecule has 0 unspecified atom stereocenters. The Balaban J connectivity index is 1.41. The lowest BCUT2D eigenvalue weighted by Crippen LogP contribution is -2.62. The van der Waals surface area contributed by atoms with Crippen LogP contribution in [0.5, 0.6) is 5.75 Å². The summed E-state index contributed by atoms with van der Waals surface area (Å²) in [5, 5.41) is 15.0. The largest absolute Gasteiger partial charge is 0.489 e. The van der Waals surface area contributed by atoms with Gasteiger partial charge in [0.25, 0.3) is 6.10 Å². The van der Waals surface area contributed by atoms with Crippen molar-refractivity contribution in [1.82, 2.24) is 14.2 Å². The summed E-state index contributed by atoms with van der Waals surface area (Å²) >= 11 is 0.985. The average molecular weight is 667 g/mol. The van der Waals surface area contributed by atoms with Gasteiger partial charge in [0.1, 0.15) is 18.1 Å². The number of carbonyl (C=O) groups excluding carboxylic acids is 2. The third-order valence-corrected chi connectivity index (χ3v) is 8.91. The molecule has 17 nitrogen and oxygen atoms in total. The Hall–Kier alpha value is -4.33. The first kappa shape index (κ1) is 33.6. The standard InChI is InChI=1S/C26H34N8O9S2/c1-14-18(23(36)34(14)45(39,40)41)9-20(35)22(19-13-44-26(29)31-19)32-43-21(24(37)38)12-42-17-5-4-15-10-33(11-16(15)8-17)25(28)30-7-3-2-6-27/h4-5,8,13-14,18,21H,2-3,6-7,9-12,27H2,1H3,(H2,28,30)(H2,29,31)(H,37,38)(H,39,40,41)/b32-22-/t14-,18-,21-/m0/s1. The quantitative estimate of drug-likeness (QED) is 0.0417. The molecule has 3 heterocycles. The first-order valence-corrected chi connectivity index (χ1v) is 16.1. The number of aliphatic imine (C=N–C) groups is 1. The van der Waals surface area contributed by atoms with Crippen LogP contribution in [0, 0.1) is 5.92 Å². The number of Topliss-reactive ketones (excluding diaryl/α,β-unsaturated/α-hetero) is 1. The number of nitrogens with two attached hydrogens (primary N) is 3. The molecule has 0 aliphatic carbocycles. The number of unbranched alkanes of at least 4 members (excludes halogenated alkanes) is 1. The number of β-lactam (4-membered cyclic amide) rings is 1. The van der Waals surface area contributed by atoms with Crippen molar-refractivity contribution in [3.05, 3.63) is 40.4 Å². The number of benzene rings is 1. The van der Waals surface area contributed by atoms with E-state index in [1.165, 1.54) is 12.3 Å². The van der Waals surface area contributed by atoms with E-state index >= 15 is 0 Å². The molecule has 244 valence electrons. The summed E-state index contributed by atoms with van der Waals surface area (Å²) in [4.78, 5) is 52.9. The molecule has 0 bridgehead atoms. The third kappa shape index (κ3) is 8.04. The minimum Gasteiger partial charge on any atom is -0.489 e. The molecule has 2 aliphatic rings. The second kappa shape index (κ2) is 14.2. The molecule has 1 aromatic heterocycles. The Morgan fingerprint density at radius 1 is 1.24 bits per heavy atom. The number of oxime groups is 1. The number of nitrogens with zero attached hydrogens (tertiary/aromatic N) is 5. The molecule has 1 aromatic carbocycles. The van der Waals surface area contributed by atoms with Crippen LogP contribution in [-0.2, 0) is 42.6 Å². The molecule has 4 rings (SSSR count). The van der Waals surface area contributed by atoms with Gasteiger partial charge in [-0.3, -0.25) is 19.1 Å². The van der Waals surface area contributed by atoms with Gasteiger partial charge in [-0.2, -0.15) is 8.42 Å². The zero-order chi connectivity index (χ0) is 32.9. The minimum absolute atomic E-state index is 0.0241. The number of fused-ring (bicyclic) bond motifs is 1. The van der Waals surface area contributed by atoms with Gasteiger partial charge in [0.05, 0.1) is 12.0 Å². The smallest absolute Gasteiger partial charge is 0.362 e. The van der Waals surface area contributed by atoms with Crippen molar-refractivity contribution in [2.75, 3.05) is 25.4 Å². The number of carboxylic acids is 1. The highest BCUT2D eigenvalue weighted by Crippen LogP contribution is 2.32. The Kier molecular flexibility index (Phi) is 10.6. The number of amides is 1. The molecule has 1 saturated heterocycles. The lowest BCUT2D eigenvalue weighted by Gasteiger charge is -2.41. The second-order valence-electron chi connectivity index (χ2n) is 10.4. The summed E-state index contributed by atoms with van der Waals surface area (Å²) in [7, 11) is -4.78. The Morgan fingerprint density at radius 3 is 2.60 bits per heavy atom. The summed E-state index contributed by atoms with van der Waals surface area (Å²) in [6, 6.07) is 4.29. The maximum absolute atomic E-state index is 13.2. The van der Waals surface area contributed by atoms with E-state index in [0.29, 0.717) is 37.9 Å². The van der Waals surface area contributed by atoms with Crippen LogP contribution in [-0.4, -0.2) is 93.4 Å². The molecule has 0 spiro atoms. The number of carbonyl (C=O) groups is 3. The number of hydrogen-bond acceptors (Lipinski definition) is 13. The van der Waals surface area contributed by atoms with Crippen LogP contribution in [0.1, 0.15) is 43.0 Å². The van der Waals surface area contributed by atoms with Crippen LogP contribution in [0.15, 0.2) is 33.7 Å². The van der Waals surface area contributed by atoms with Gasteiger partial charge >= 0.3 is 16.3 Å². The number of nitrogen functional groups attached to an aromatic ring is 1. The predicted molar refractivity (Wildman–Crippen MR) is 163 cm³/mol. The number of ether oxygens (including phenoxy) is 1. The zero-order valence-corrected chi connectivity index (χ0v) is 25.9. The molecule has 19 heteroatoms. The molecular weight excluding hydrogens is 632 g/mol. The van der Waals surface area contributed by atoms with Crippen LogP contribution in [0.4, 0.5) is 5.13 Å². The van der Waals surface area contributed by atoms with Gasteiger partial charge in [0.2, 0.25) is 5.91 Å². The van der Waals surface area contributed by atoms with E-state index in [-0.39, 0.29) is 15.1 Å². The zero-order valence-electron chi connectivity index (χ0n) is 24.2. The molecule has 3 atom stereocenters. The number of thiazole rings is 1. The van der Waals surface area contributed by atoms with Crippen molar-refractivity contribution in [1.29, 1.82) is 0 Å². The molecule has 0 saturated carbocycles. The Morgan fingerprint density at radius 2 is 1.98 bits per heavy atom. The van der Waals surface area contributed by atoms with Crippen LogP contribution in [0.2, 0.25) is 0 Å². The summed E-state index contributed by atoms with van der Waals surface area (Å²) in [5.74, 6) is -3.47. The predicted octanol–water partition coefficient (Wildman–Crippen LogP) is -0.0437. The van der Waals surface area contributed by atoms with Gasteiger partial charge in [-0.25, -0.2) is 14.1 Å². The van der Waals surface area contributed by atoms with Gasteiger partial charge in [0, 0.05) is 31.4 Å². The van der Waals surface area contributed by atoms with Crippen molar-refractivity contribution in [3.8, 4) is 5.75 Å². The van der Waals surface area contributed by atoms with E-state index in [2.05, 4.69) is 15.1 Å². The van der Waals surface area contributed by atoms with Crippen LogP contribution < -0.4 is 21.9 Å². The number of aliphatic carboxylic acids is 1. The fourth-order valence-corrected chi connectivity index (χ4v) is 6.25. The van der Waals surface area contributed by atoms with Gasteiger partial charge < -0.3 is 36.8 Å². The molecule has 2 aromatic rings. The van der Waals surface area contributed by atoms with Crippen LogP contribution in [0.25, 0.3) is 0 Å². The van der Waals surface area contributed by atoms with Crippen molar-refractivity contribution in [3.63, 3.8) is 0 Å². The number of carboxylic acid groups (broad SMARTS) is 1. The van der Waals surface area contributed by atoms with Gasteiger partial charge in [-0.05, 0) is 49.6 Å². The molecule has 8 N–H and O–H groups in total. The summed E-state index contributed by atoms with van der Waals surface area (Å²) in [6.07, 6.45) is -0.450. The number of aromatic nitrogens is 1. The number of hydrogen-bond donors (Lipinski definition) is 5. The first-order valence-electron chi connectivity index (χ1n) is 13.8. The maximum atomic E-state index is 13.2. The lowest BCUT2D eigenvalue weighted by atomic mass is 9.86. The van der Waals surface area contributed by atoms with Crippen LogP contribution >= 0.6 is 11.3 Å². The number of guanidine groups is 1. The van der Waals surface area contributed by atoms with E-state index < -0.39 is 64.8 Å². The normalized spacial score (nSPS) is 19.2. The van der Waals surface area contributed by atoms with Crippen molar-refractivity contribution < 1.29 is 42.0 Å². The summed E-state index contributed by atoms with van der Waals surface area (Å²) in [5.41, 5.74) is 18.8. The van der Waals surface area contributed by atoms with E-state index in [0.717, 1.165) is 35.3 Å². The number of rotatable bonds is 15. The highest BCUT2D eigenvalue weighted by molar-refractivity contribution is 7.84.